The third kappa shape index (κ3) is 4.03. The number of hydrogen-bond acceptors (Lipinski definition) is 5. The fourth-order valence-electron chi connectivity index (χ4n) is 4.05. The number of aryl methyl sites for hydroxylation is 2. The van der Waals surface area contributed by atoms with Crippen LogP contribution >= 0.6 is 0 Å². The highest BCUT2D eigenvalue weighted by atomic mass is 16.2. The third-order valence-electron chi connectivity index (χ3n) is 5.70. The van der Waals surface area contributed by atoms with E-state index in [4.69, 9.17) is 0 Å². The van der Waals surface area contributed by atoms with Crippen molar-refractivity contribution in [1.82, 2.24) is 14.9 Å². The predicted molar refractivity (Wildman–Crippen MR) is 116 cm³/mol. The summed E-state index contributed by atoms with van der Waals surface area (Å²) < 4.78 is 1.41. The number of rotatable bonds is 4. The maximum Gasteiger partial charge on any atom is 0.262 e. The van der Waals surface area contributed by atoms with Gasteiger partial charge in [0.1, 0.15) is 11.6 Å². The molecule has 1 aliphatic rings. The second kappa shape index (κ2) is 8.26. The molecule has 1 N–H and O–H groups in total. The van der Waals surface area contributed by atoms with Gasteiger partial charge in [0.2, 0.25) is 0 Å². The molecule has 1 saturated carbocycles. The van der Waals surface area contributed by atoms with Crippen LogP contribution in [-0.4, -0.2) is 27.0 Å². The van der Waals surface area contributed by atoms with Crippen LogP contribution in [0.2, 0.25) is 0 Å². The number of nitrogens with zero attached hydrogens (tertiary/aromatic N) is 2. The molecule has 0 bridgehead atoms. The Balaban J connectivity index is 1.69. The van der Waals surface area contributed by atoms with E-state index < -0.39 is 6.04 Å². The summed E-state index contributed by atoms with van der Waals surface area (Å²) in [5.74, 6) is -0.155. The Kier molecular flexibility index (Phi) is 5.50. The number of hydrogen-bond donors (Lipinski definition) is 1. The van der Waals surface area contributed by atoms with Gasteiger partial charge < -0.3 is 5.32 Å². The molecule has 1 fully saturated rings. The van der Waals surface area contributed by atoms with E-state index in [0.717, 1.165) is 5.56 Å². The molecule has 2 aromatic carbocycles. The van der Waals surface area contributed by atoms with Crippen LogP contribution < -0.4 is 10.9 Å². The Hall–Kier alpha value is -3.61. The van der Waals surface area contributed by atoms with Gasteiger partial charge in [0, 0.05) is 18.5 Å². The van der Waals surface area contributed by atoms with Crippen LogP contribution in [0.15, 0.2) is 47.3 Å². The van der Waals surface area contributed by atoms with Crippen molar-refractivity contribution >= 4 is 28.4 Å². The first-order valence-corrected chi connectivity index (χ1v) is 10.2. The van der Waals surface area contributed by atoms with E-state index in [1.54, 1.807) is 37.3 Å². The highest BCUT2D eigenvalue weighted by Crippen LogP contribution is 2.24. The highest BCUT2D eigenvalue weighted by molar-refractivity contribution is 6.03. The zero-order valence-electron chi connectivity index (χ0n) is 17.5. The summed E-state index contributed by atoms with van der Waals surface area (Å²) in [5, 5.41) is 3.23. The summed E-state index contributed by atoms with van der Waals surface area (Å²) in [7, 11) is 0. The fraction of sp³-hybridized carbons (Fsp3) is 0.292. The first kappa shape index (κ1) is 20.7. The Morgan fingerprint density at radius 2 is 1.84 bits per heavy atom. The van der Waals surface area contributed by atoms with Crippen LogP contribution in [0, 0.1) is 13.8 Å². The minimum absolute atomic E-state index is 0.0970. The van der Waals surface area contributed by atoms with E-state index in [2.05, 4.69) is 10.3 Å². The fourth-order valence-corrected chi connectivity index (χ4v) is 4.05. The number of amides is 1. The van der Waals surface area contributed by atoms with Crippen LogP contribution in [0.3, 0.4) is 0 Å². The van der Waals surface area contributed by atoms with E-state index in [1.807, 2.05) is 19.1 Å². The van der Waals surface area contributed by atoms with Crippen molar-refractivity contribution in [3.8, 4) is 0 Å². The van der Waals surface area contributed by atoms with Crippen LogP contribution in [-0.2, 0) is 16.1 Å². The second-order valence-electron chi connectivity index (χ2n) is 7.93. The van der Waals surface area contributed by atoms with Gasteiger partial charge in [-0.1, -0.05) is 29.8 Å². The number of aromatic nitrogens is 2. The largest absolute Gasteiger partial charge is 0.348 e. The molecule has 158 valence electrons. The van der Waals surface area contributed by atoms with Gasteiger partial charge in [-0.3, -0.25) is 23.7 Å². The van der Waals surface area contributed by atoms with E-state index >= 15 is 0 Å². The summed E-state index contributed by atoms with van der Waals surface area (Å²) in [5.41, 5.74) is 2.42. The molecule has 0 radical (unpaired) electrons. The minimum atomic E-state index is -0.683. The van der Waals surface area contributed by atoms with E-state index in [1.165, 1.54) is 4.57 Å². The summed E-state index contributed by atoms with van der Waals surface area (Å²) in [6.45, 7) is 3.79. The number of Topliss-reactive ketones (excluding diaryl/α,β-unsaturated/α-hetero) is 2. The first-order chi connectivity index (χ1) is 14.8. The molecule has 1 aromatic heterocycles. The predicted octanol–water partition coefficient (Wildman–Crippen LogP) is 2.81. The molecule has 3 aromatic rings. The summed E-state index contributed by atoms with van der Waals surface area (Å²) >= 11 is 0. The molecule has 0 aliphatic heterocycles. The summed E-state index contributed by atoms with van der Waals surface area (Å²) in [6, 6.07) is 11.9. The van der Waals surface area contributed by atoms with Crippen molar-refractivity contribution in [2.45, 2.75) is 45.7 Å². The minimum Gasteiger partial charge on any atom is -0.348 e. The lowest BCUT2D eigenvalue weighted by molar-refractivity contribution is -0.132. The van der Waals surface area contributed by atoms with Gasteiger partial charge in [0.25, 0.3) is 11.5 Å². The lowest BCUT2D eigenvalue weighted by Crippen LogP contribution is -2.36. The average Bonchev–Trinajstić information content (AvgIpc) is 2.73. The molecule has 31 heavy (non-hydrogen) atoms. The number of fused-ring (bicyclic) bond motifs is 1. The lowest BCUT2D eigenvalue weighted by atomic mass is 9.92. The normalized spacial score (nSPS) is 16.5. The summed E-state index contributed by atoms with van der Waals surface area (Å²) in [6.07, 6.45) is 0.426. The third-order valence-corrected chi connectivity index (χ3v) is 5.70. The molecular weight excluding hydrogens is 394 g/mol. The van der Waals surface area contributed by atoms with Crippen molar-refractivity contribution < 1.29 is 14.4 Å². The maximum absolute atomic E-state index is 13.4. The quantitative estimate of drug-likeness (QED) is 0.658. The standard InChI is InChI=1S/C24H23N3O4/c1-14-6-8-16(9-7-14)23(30)25-13-17-4-3-5-19-22(17)24(31)27(15(2)26-19)20-11-10-18(28)12-21(20)29/h3-9,20H,10-13H2,1-2H3,(H,25,30). The molecule has 7 nitrogen and oxygen atoms in total. The topological polar surface area (TPSA) is 98.1 Å². The molecule has 1 unspecified atom stereocenters. The van der Waals surface area contributed by atoms with Gasteiger partial charge >= 0.3 is 0 Å². The summed E-state index contributed by atoms with van der Waals surface area (Å²) in [4.78, 5) is 54.5. The molecule has 1 aliphatic carbocycles. The number of carbonyl (C=O) groups excluding carboxylic acids is 3. The molecule has 7 heteroatoms. The van der Waals surface area contributed by atoms with Gasteiger partial charge in [-0.25, -0.2) is 4.98 Å². The van der Waals surface area contributed by atoms with Gasteiger partial charge in [0.05, 0.1) is 23.4 Å². The Bertz CT molecular complexity index is 1260. The van der Waals surface area contributed by atoms with Crippen LogP contribution in [0.4, 0.5) is 0 Å². The Morgan fingerprint density at radius 3 is 2.55 bits per heavy atom. The SMILES string of the molecule is Cc1ccc(C(=O)NCc2cccc3nc(C)n(C4CCC(=O)CC4=O)c(=O)c23)cc1. The molecule has 0 spiro atoms. The average molecular weight is 417 g/mol. The zero-order valence-corrected chi connectivity index (χ0v) is 17.5. The molecule has 1 amide bonds. The first-order valence-electron chi connectivity index (χ1n) is 10.2. The molecule has 1 atom stereocenters. The van der Waals surface area contributed by atoms with E-state index in [0.29, 0.717) is 34.3 Å². The zero-order chi connectivity index (χ0) is 22.1. The monoisotopic (exact) mass is 417 g/mol. The van der Waals surface area contributed by atoms with E-state index in [9.17, 15) is 19.2 Å². The van der Waals surface area contributed by atoms with Gasteiger partial charge in [0.15, 0.2) is 5.78 Å². The van der Waals surface area contributed by atoms with Crippen molar-refractivity contribution in [2.24, 2.45) is 0 Å². The van der Waals surface area contributed by atoms with Gasteiger partial charge in [-0.2, -0.15) is 0 Å². The molecule has 0 saturated heterocycles. The van der Waals surface area contributed by atoms with Crippen LogP contribution in [0.5, 0.6) is 0 Å². The highest BCUT2D eigenvalue weighted by Gasteiger charge is 2.31. The number of ketones is 2. The molecule has 4 rings (SSSR count). The number of nitrogens with one attached hydrogen (secondary N) is 1. The smallest absolute Gasteiger partial charge is 0.262 e. The van der Waals surface area contributed by atoms with Crippen LogP contribution in [0.25, 0.3) is 10.9 Å². The van der Waals surface area contributed by atoms with Crippen molar-refractivity contribution in [3.63, 3.8) is 0 Å². The maximum atomic E-state index is 13.4. The Labute approximate surface area is 179 Å². The lowest BCUT2D eigenvalue weighted by Gasteiger charge is -2.24. The van der Waals surface area contributed by atoms with Crippen molar-refractivity contribution in [3.05, 3.63) is 75.3 Å². The van der Waals surface area contributed by atoms with Gasteiger partial charge in [-0.15, -0.1) is 0 Å². The van der Waals surface area contributed by atoms with Crippen molar-refractivity contribution in [2.75, 3.05) is 0 Å². The van der Waals surface area contributed by atoms with E-state index in [-0.39, 0.29) is 42.4 Å². The molecule has 1 heterocycles. The van der Waals surface area contributed by atoms with Crippen molar-refractivity contribution in [1.29, 1.82) is 0 Å². The number of carbonyl (C=O) groups is 3. The molecular formula is C24H23N3O4. The van der Waals surface area contributed by atoms with Crippen LogP contribution in [0.1, 0.15) is 52.6 Å². The second-order valence-corrected chi connectivity index (χ2v) is 7.93. The Morgan fingerprint density at radius 1 is 1.10 bits per heavy atom. The number of benzene rings is 2. The van der Waals surface area contributed by atoms with Gasteiger partial charge in [-0.05, 0) is 44.0 Å².